The van der Waals surface area contributed by atoms with E-state index in [0.717, 1.165) is 55.5 Å². The van der Waals surface area contributed by atoms with Gasteiger partial charge >= 0.3 is 0 Å². The van der Waals surface area contributed by atoms with E-state index in [-0.39, 0.29) is 6.04 Å². The van der Waals surface area contributed by atoms with Gasteiger partial charge in [0.1, 0.15) is 11.5 Å². The van der Waals surface area contributed by atoms with Crippen LogP contribution in [-0.4, -0.2) is 30.8 Å². The monoisotopic (exact) mass is 311 g/mol. The maximum absolute atomic E-state index is 6.08. The SMILES string of the molecule is CCCOc1ccc(CC(N)CC)c(OCCSCC)c1. The van der Waals surface area contributed by atoms with E-state index in [2.05, 4.69) is 26.8 Å². The maximum Gasteiger partial charge on any atom is 0.126 e. The molecule has 0 aliphatic carbocycles. The van der Waals surface area contributed by atoms with Gasteiger partial charge in [-0.1, -0.05) is 26.8 Å². The van der Waals surface area contributed by atoms with Gasteiger partial charge in [0.05, 0.1) is 13.2 Å². The van der Waals surface area contributed by atoms with Crippen LogP contribution in [0.25, 0.3) is 0 Å². The first-order valence-electron chi connectivity index (χ1n) is 7.93. The number of benzene rings is 1. The smallest absolute Gasteiger partial charge is 0.126 e. The van der Waals surface area contributed by atoms with Gasteiger partial charge in [-0.3, -0.25) is 0 Å². The molecule has 3 nitrogen and oxygen atoms in total. The van der Waals surface area contributed by atoms with Gasteiger partial charge in [0.15, 0.2) is 0 Å². The molecule has 0 aromatic heterocycles. The standard InChI is InChI=1S/C17H29NO2S/c1-4-9-19-16-8-7-14(12-15(18)5-2)17(13-16)20-10-11-21-6-3/h7-8,13,15H,4-6,9-12,18H2,1-3H3. The minimum Gasteiger partial charge on any atom is -0.493 e. The van der Waals surface area contributed by atoms with Crippen LogP contribution < -0.4 is 15.2 Å². The number of rotatable bonds is 11. The molecule has 0 bridgehead atoms. The summed E-state index contributed by atoms with van der Waals surface area (Å²) in [6.07, 6.45) is 2.83. The van der Waals surface area contributed by atoms with Gasteiger partial charge in [-0.15, -0.1) is 0 Å². The third kappa shape index (κ3) is 7.09. The van der Waals surface area contributed by atoms with Crippen molar-refractivity contribution in [1.29, 1.82) is 0 Å². The summed E-state index contributed by atoms with van der Waals surface area (Å²) in [5.74, 6) is 3.93. The molecule has 0 fully saturated rings. The topological polar surface area (TPSA) is 44.5 Å². The van der Waals surface area contributed by atoms with E-state index in [4.69, 9.17) is 15.2 Å². The molecule has 0 heterocycles. The highest BCUT2D eigenvalue weighted by Gasteiger charge is 2.10. The zero-order chi connectivity index (χ0) is 15.5. The first-order valence-corrected chi connectivity index (χ1v) is 9.08. The molecule has 0 amide bonds. The van der Waals surface area contributed by atoms with Crippen molar-refractivity contribution in [2.45, 2.75) is 46.1 Å². The number of ether oxygens (including phenoxy) is 2. The predicted octanol–water partition coefficient (Wildman–Crippen LogP) is 3.89. The second kappa shape index (κ2) is 10.8. The molecule has 0 saturated heterocycles. The minimum atomic E-state index is 0.180. The predicted molar refractivity (Wildman–Crippen MR) is 92.7 cm³/mol. The van der Waals surface area contributed by atoms with E-state index < -0.39 is 0 Å². The fourth-order valence-electron chi connectivity index (χ4n) is 1.93. The van der Waals surface area contributed by atoms with Crippen molar-refractivity contribution in [3.63, 3.8) is 0 Å². The summed E-state index contributed by atoms with van der Waals surface area (Å²) >= 11 is 1.89. The van der Waals surface area contributed by atoms with Gasteiger partial charge in [-0.25, -0.2) is 0 Å². The van der Waals surface area contributed by atoms with Crippen LogP contribution in [0, 0.1) is 0 Å². The van der Waals surface area contributed by atoms with Crippen molar-refractivity contribution in [3.8, 4) is 11.5 Å². The van der Waals surface area contributed by atoms with Gasteiger partial charge in [-0.05, 0) is 36.6 Å². The Morgan fingerprint density at radius 2 is 1.95 bits per heavy atom. The molecule has 1 aromatic carbocycles. The van der Waals surface area contributed by atoms with Crippen LogP contribution in [0.3, 0.4) is 0 Å². The highest BCUT2D eigenvalue weighted by atomic mass is 32.2. The molecule has 4 heteroatoms. The highest BCUT2D eigenvalue weighted by molar-refractivity contribution is 7.99. The van der Waals surface area contributed by atoms with Gasteiger partial charge in [0.2, 0.25) is 0 Å². The lowest BCUT2D eigenvalue weighted by molar-refractivity contribution is 0.308. The molecule has 1 rings (SSSR count). The molecule has 2 N–H and O–H groups in total. The summed E-state index contributed by atoms with van der Waals surface area (Å²) in [6, 6.07) is 6.29. The van der Waals surface area contributed by atoms with E-state index >= 15 is 0 Å². The summed E-state index contributed by atoms with van der Waals surface area (Å²) in [5, 5.41) is 0. The third-order valence-corrected chi connectivity index (χ3v) is 4.07. The van der Waals surface area contributed by atoms with E-state index in [1.165, 1.54) is 5.56 Å². The molecule has 120 valence electrons. The average Bonchev–Trinajstić information content (AvgIpc) is 2.51. The Hall–Kier alpha value is -0.870. The van der Waals surface area contributed by atoms with Crippen LogP contribution in [0.5, 0.6) is 11.5 Å². The van der Waals surface area contributed by atoms with E-state index in [0.29, 0.717) is 0 Å². The van der Waals surface area contributed by atoms with Crippen molar-refractivity contribution >= 4 is 11.8 Å². The van der Waals surface area contributed by atoms with Crippen molar-refractivity contribution in [2.24, 2.45) is 5.73 Å². The second-order valence-electron chi connectivity index (χ2n) is 5.04. The van der Waals surface area contributed by atoms with Crippen LogP contribution in [-0.2, 0) is 6.42 Å². The number of thioether (sulfide) groups is 1. The van der Waals surface area contributed by atoms with Gasteiger partial charge < -0.3 is 15.2 Å². The molecule has 0 aliphatic heterocycles. The highest BCUT2D eigenvalue weighted by Crippen LogP contribution is 2.26. The molecule has 21 heavy (non-hydrogen) atoms. The average molecular weight is 311 g/mol. The van der Waals surface area contributed by atoms with Crippen molar-refractivity contribution in [2.75, 3.05) is 24.7 Å². The van der Waals surface area contributed by atoms with E-state index in [1.807, 2.05) is 23.9 Å². The Bertz CT molecular complexity index is 398. The maximum atomic E-state index is 6.08. The lowest BCUT2D eigenvalue weighted by Crippen LogP contribution is -2.21. The fraction of sp³-hybridized carbons (Fsp3) is 0.647. The number of hydrogen-bond acceptors (Lipinski definition) is 4. The fourth-order valence-corrected chi connectivity index (χ4v) is 2.42. The molecule has 0 spiro atoms. The summed E-state index contributed by atoms with van der Waals surface area (Å²) in [4.78, 5) is 0. The van der Waals surface area contributed by atoms with Crippen LogP contribution in [0.1, 0.15) is 39.2 Å². The zero-order valence-electron chi connectivity index (χ0n) is 13.6. The number of nitrogens with two attached hydrogens (primary N) is 1. The van der Waals surface area contributed by atoms with Crippen LogP contribution >= 0.6 is 11.8 Å². The lowest BCUT2D eigenvalue weighted by Gasteiger charge is -2.16. The summed E-state index contributed by atoms with van der Waals surface area (Å²) in [7, 11) is 0. The molecule has 0 saturated carbocycles. The molecule has 1 atom stereocenters. The minimum absolute atomic E-state index is 0.180. The van der Waals surface area contributed by atoms with Crippen LogP contribution in [0.4, 0.5) is 0 Å². The van der Waals surface area contributed by atoms with E-state index in [1.54, 1.807) is 0 Å². The Balaban J connectivity index is 2.74. The second-order valence-corrected chi connectivity index (χ2v) is 6.43. The van der Waals surface area contributed by atoms with E-state index in [9.17, 15) is 0 Å². The number of hydrogen-bond donors (Lipinski definition) is 1. The normalized spacial score (nSPS) is 12.2. The van der Waals surface area contributed by atoms with Gasteiger partial charge in [-0.2, -0.15) is 11.8 Å². The van der Waals surface area contributed by atoms with Crippen molar-refractivity contribution in [3.05, 3.63) is 23.8 Å². The Kier molecular flexibility index (Phi) is 9.35. The first-order chi connectivity index (χ1) is 10.2. The molecule has 0 radical (unpaired) electrons. The molecular formula is C17H29NO2S. The third-order valence-electron chi connectivity index (χ3n) is 3.21. The molecule has 0 aliphatic rings. The van der Waals surface area contributed by atoms with Crippen LogP contribution in [0.15, 0.2) is 18.2 Å². The van der Waals surface area contributed by atoms with Crippen LogP contribution in [0.2, 0.25) is 0 Å². The van der Waals surface area contributed by atoms with Crippen molar-refractivity contribution in [1.82, 2.24) is 0 Å². The lowest BCUT2D eigenvalue weighted by atomic mass is 10.0. The summed E-state index contributed by atoms with van der Waals surface area (Å²) in [6.45, 7) is 7.84. The Morgan fingerprint density at radius 3 is 2.62 bits per heavy atom. The largest absolute Gasteiger partial charge is 0.493 e. The summed E-state index contributed by atoms with van der Waals surface area (Å²) in [5.41, 5.74) is 7.25. The molecule has 1 unspecified atom stereocenters. The molecule has 1 aromatic rings. The first kappa shape index (κ1) is 18.2. The van der Waals surface area contributed by atoms with Gasteiger partial charge in [0, 0.05) is 17.9 Å². The van der Waals surface area contributed by atoms with Gasteiger partial charge in [0.25, 0.3) is 0 Å². The quantitative estimate of drug-likeness (QED) is 0.630. The molecular weight excluding hydrogens is 282 g/mol. The summed E-state index contributed by atoms with van der Waals surface area (Å²) < 4.78 is 11.6. The Morgan fingerprint density at radius 1 is 1.14 bits per heavy atom. The van der Waals surface area contributed by atoms with Crippen molar-refractivity contribution < 1.29 is 9.47 Å². The Labute approximate surface area is 133 Å². The zero-order valence-corrected chi connectivity index (χ0v) is 14.4.